The molecule has 2 fully saturated rings. The number of piperazine rings is 1. The lowest BCUT2D eigenvalue weighted by Crippen LogP contribution is -2.63. The lowest BCUT2D eigenvalue weighted by Gasteiger charge is -2.48. The van der Waals surface area contributed by atoms with Crippen LogP contribution < -0.4 is 4.90 Å². The zero-order valence-electron chi connectivity index (χ0n) is 18.7. The van der Waals surface area contributed by atoms with Crippen LogP contribution in [-0.2, 0) is 0 Å². The van der Waals surface area contributed by atoms with Crippen LogP contribution in [0.4, 0.5) is 14.5 Å². The van der Waals surface area contributed by atoms with Crippen LogP contribution in [0.1, 0.15) is 5.69 Å². The molecule has 0 saturated carbocycles. The predicted octanol–water partition coefficient (Wildman–Crippen LogP) is 2.97. The Morgan fingerprint density at radius 1 is 1.00 bits per heavy atom. The number of anilines is 1. The van der Waals surface area contributed by atoms with Gasteiger partial charge >= 0.3 is 0 Å². The second-order valence-electron chi connectivity index (χ2n) is 9.11. The van der Waals surface area contributed by atoms with E-state index >= 15 is 0 Å². The van der Waals surface area contributed by atoms with Crippen LogP contribution in [0.2, 0.25) is 0 Å². The van der Waals surface area contributed by atoms with Crippen molar-refractivity contribution in [2.75, 3.05) is 51.2 Å². The highest BCUT2D eigenvalue weighted by Crippen LogP contribution is 2.33. The molecule has 0 bridgehead atoms. The molecule has 0 unspecified atom stereocenters. The van der Waals surface area contributed by atoms with Gasteiger partial charge in [-0.3, -0.25) is 4.90 Å². The lowest BCUT2D eigenvalue weighted by molar-refractivity contribution is 0.0963. The maximum absolute atomic E-state index is 14.4. The Hall–Kier alpha value is -3.17. The highest BCUT2D eigenvalue weighted by atomic mass is 19.2. The average Bonchev–Trinajstić information content (AvgIpc) is 3.20. The van der Waals surface area contributed by atoms with Crippen molar-refractivity contribution >= 4 is 22.2 Å². The number of rotatable bonds is 3. The number of pyridine rings is 1. The van der Waals surface area contributed by atoms with Gasteiger partial charge in [-0.1, -0.05) is 0 Å². The summed E-state index contributed by atoms with van der Waals surface area (Å²) in [6, 6.07) is 5.15. The van der Waals surface area contributed by atoms with E-state index < -0.39 is 11.6 Å². The summed E-state index contributed by atoms with van der Waals surface area (Å²) in [5, 5.41) is 5.05. The molecule has 0 atom stereocenters. The van der Waals surface area contributed by atoms with Gasteiger partial charge in [0, 0.05) is 62.0 Å². The second kappa shape index (κ2) is 7.71. The van der Waals surface area contributed by atoms with Crippen LogP contribution in [0.3, 0.4) is 0 Å². The van der Waals surface area contributed by atoms with Crippen molar-refractivity contribution in [2.24, 2.45) is 0 Å². The van der Waals surface area contributed by atoms with Gasteiger partial charge in [0.25, 0.3) is 0 Å². The quantitative estimate of drug-likeness (QED) is 0.480. The molecule has 0 N–H and O–H groups in total. The third kappa shape index (κ3) is 3.43. The first-order chi connectivity index (χ1) is 16.0. The number of halogens is 2. The molecule has 2 saturated heterocycles. The normalized spacial score (nSPS) is 18.4. The SMILES string of the molecule is Cc1cc(-c2cnn3cc(N4CC(N5CCN(C)CC5)C4)cnc23)c2ccc(F)c(F)c2n1. The highest BCUT2D eigenvalue weighted by Gasteiger charge is 2.33. The van der Waals surface area contributed by atoms with E-state index in [2.05, 4.69) is 31.8 Å². The van der Waals surface area contributed by atoms with Crippen molar-refractivity contribution in [3.8, 4) is 11.1 Å². The van der Waals surface area contributed by atoms with Gasteiger partial charge in [-0.15, -0.1) is 0 Å². The van der Waals surface area contributed by atoms with Crippen molar-refractivity contribution in [3.05, 3.63) is 54.1 Å². The van der Waals surface area contributed by atoms with E-state index in [4.69, 9.17) is 4.98 Å². The fraction of sp³-hybridized carbons (Fsp3) is 0.375. The Labute approximate surface area is 190 Å². The van der Waals surface area contributed by atoms with Gasteiger partial charge in [0.2, 0.25) is 0 Å². The fourth-order valence-electron chi connectivity index (χ4n) is 4.89. The Morgan fingerprint density at radius 3 is 2.58 bits per heavy atom. The predicted molar refractivity (Wildman–Crippen MR) is 123 cm³/mol. The smallest absolute Gasteiger partial charge is 0.185 e. The van der Waals surface area contributed by atoms with E-state index in [0.29, 0.717) is 22.8 Å². The number of nitrogens with zero attached hydrogens (tertiary/aromatic N) is 7. The van der Waals surface area contributed by atoms with Crippen LogP contribution in [0, 0.1) is 18.6 Å². The van der Waals surface area contributed by atoms with E-state index in [-0.39, 0.29) is 5.52 Å². The Kier molecular flexibility index (Phi) is 4.77. The molecule has 2 aliphatic heterocycles. The van der Waals surface area contributed by atoms with Crippen LogP contribution in [-0.4, -0.2) is 81.7 Å². The Balaban J connectivity index is 1.29. The summed E-state index contributed by atoms with van der Waals surface area (Å²) in [5.74, 6) is -1.84. The minimum Gasteiger partial charge on any atom is -0.366 e. The molecule has 170 valence electrons. The van der Waals surface area contributed by atoms with E-state index in [1.165, 1.54) is 0 Å². The van der Waals surface area contributed by atoms with E-state index in [1.54, 1.807) is 23.7 Å². The third-order valence-electron chi connectivity index (χ3n) is 6.92. The molecule has 1 aromatic carbocycles. The van der Waals surface area contributed by atoms with E-state index in [0.717, 1.165) is 62.1 Å². The maximum Gasteiger partial charge on any atom is 0.185 e. The molecule has 7 nitrogen and oxygen atoms in total. The number of hydrogen-bond acceptors (Lipinski definition) is 6. The molecular weight excluding hydrogens is 424 g/mol. The zero-order valence-corrected chi connectivity index (χ0v) is 18.7. The zero-order chi connectivity index (χ0) is 22.7. The van der Waals surface area contributed by atoms with Gasteiger partial charge in [-0.2, -0.15) is 5.10 Å². The topological polar surface area (TPSA) is 52.8 Å². The standard InChI is InChI=1S/C24H25F2N7/c1-15-9-19(18-3-4-21(25)22(26)23(18)29-15)20-11-28-33-14-16(10-27-24(20)33)32-12-17(13-32)31-7-5-30(2)6-8-31/h3-4,9-11,14,17H,5-8,12-13H2,1-2H3. The molecule has 9 heteroatoms. The minimum absolute atomic E-state index is 0.0245. The molecule has 3 aromatic heterocycles. The van der Waals surface area contributed by atoms with Gasteiger partial charge in [-0.25, -0.2) is 23.3 Å². The molecule has 0 radical (unpaired) electrons. The molecule has 0 spiro atoms. The van der Waals surface area contributed by atoms with Crippen molar-refractivity contribution in [2.45, 2.75) is 13.0 Å². The molecule has 0 aliphatic carbocycles. The van der Waals surface area contributed by atoms with Crippen molar-refractivity contribution in [1.29, 1.82) is 0 Å². The summed E-state index contributed by atoms with van der Waals surface area (Å²) in [5.41, 5.74) is 3.84. The molecule has 2 aliphatic rings. The Morgan fingerprint density at radius 2 is 1.79 bits per heavy atom. The number of aromatic nitrogens is 4. The number of hydrogen-bond donors (Lipinski definition) is 0. The number of aryl methyl sites for hydroxylation is 1. The van der Waals surface area contributed by atoms with E-state index in [1.807, 2.05) is 18.5 Å². The number of likely N-dealkylation sites (N-methyl/N-ethyl adjacent to an activating group) is 1. The summed E-state index contributed by atoms with van der Waals surface area (Å²) in [4.78, 5) is 16.2. The first kappa shape index (κ1) is 20.4. The molecule has 6 rings (SSSR count). The lowest BCUT2D eigenvalue weighted by atomic mass is 10.0. The van der Waals surface area contributed by atoms with Crippen LogP contribution in [0.5, 0.6) is 0 Å². The van der Waals surface area contributed by atoms with Gasteiger partial charge in [0.1, 0.15) is 5.52 Å². The average molecular weight is 450 g/mol. The third-order valence-corrected chi connectivity index (χ3v) is 6.92. The Bertz CT molecular complexity index is 1350. The largest absolute Gasteiger partial charge is 0.366 e. The summed E-state index contributed by atoms with van der Waals surface area (Å²) >= 11 is 0. The molecule has 0 amide bonds. The van der Waals surface area contributed by atoms with Crippen molar-refractivity contribution in [1.82, 2.24) is 29.4 Å². The summed E-state index contributed by atoms with van der Waals surface area (Å²) in [6.07, 6.45) is 5.59. The van der Waals surface area contributed by atoms with Crippen LogP contribution in [0.15, 0.2) is 36.8 Å². The molecule has 4 aromatic rings. The van der Waals surface area contributed by atoms with Crippen molar-refractivity contribution in [3.63, 3.8) is 0 Å². The highest BCUT2D eigenvalue weighted by molar-refractivity contribution is 5.98. The van der Waals surface area contributed by atoms with Gasteiger partial charge in [0.15, 0.2) is 17.3 Å². The summed E-state index contributed by atoms with van der Waals surface area (Å²) < 4.78 is 29.9. The fourth-order valence-corrected chi connectivity index (χ4v) is 4.89. The first-order valence-electron chi connectivity index (χ1n) is 11.2. The van der Waals surface area contributed by atoms with Crippen LogP contribution in [0.25, 0.3) is 27.7 Å². The molecule has 33 heavy (non-hydrogen) atoms. The maximum atomic E-state index is 14.4. The van der Waals surface area contributed by atoms with Crippen LogP contribution >= 0.6 is 0 Å². The number of fused-ring (bicyclic) bond motifs is 2. The molecular formula is C24H25F2N7. The summed E-state index contributed by atoms with van der Waals surface area (Å²) in [6.45, 7) is 8.25. The van der Waals surface area contributed by atoms with Gasteiger partial charge < -0.3 is 9.80 Å². The minimum atomic E-state index is -0.933. The second-order valence-corrected chi connectivity index (χ2v) is 9.11. The first-order valence-corrected chi connectivity index (χ1v) is 11.2. The van der Waals surface area contributed by atoms with Crippen molar-refractivity contribution < 1.29 is 8.78 Å². The monoisotopic (exact) mass is 449 g/mol. The number of benzene rings is 1. The summed E-state index contributed by atoms with van der Waals surface area (Å²) in [7, 11) is 2.18. The molecule has 5 heterocycles. The van der Waals surface area contributed by atoms with Gasteiger partial charge in [0.05, 0.1) is 24.3 Å². The van der Waals surface area contributed by atoms with Gasteiger partial charge in [-0.05, 0) is 37.7 Å². The van der Waals surface area contributed by atoms with E-state index in [9.17, 15) is 8.78 Å².